The van der Waals surface area contributed by atoms with E-state index in [2.05, 4.69) is 16.4 Å². The number of hydrogen-bond acceptors (Lipinski definition) is 5. The van der Waals surface area contributed by atoms with E-state index in [0.717, 1.165) is 63.8 Å². The number of anilines is 1. The van der Waals surface area contributed by atoms with Crippen LogP contribution < -0.4 is 5.32 Å². The molecule has 1 aliphatic rings. The quantitative estimate of drug-likeness (QED) is 0.181. The molecule has 36 heavy (non-hydrogen) atoms. The van der Waals surface area contributed by atoms with Crippen LogP contribution in [0, 0.1) is 11.3 Å². The fourth-order valence-corrected chi connectivity index (χ4v) is 5.96. The molecule has 0 fully saturated rings. The second-order valence-electron chi connectivity index (χ2n) is 8.58. The van der Waals surface area contributed by atoms with Gasteiger partial charge in [-0.25, -0.2) is 4.79 Å². The van der Waals surface area contributed by atoms with Crippen molar-refractivity contribution in [2.45, 2.75) is 32.6 Å². The molecule has 2 N–H and O–H groups in total. The average molecular weight is 496 g/mol. The Morgan fingerprint density at radius 1 is 1.11 bits per heavy atom. The summed E-state index contributed by atoms with van der Waals surface area (Å²) in [6.07, 6.45) is 5.32. The average Bonchev–Trinajstić information content (AvgIpc) is 3.45. The number of aromatic amines is 1. The highest BCUT2D eigenvalue weighted by atomic mass is 32.1. The van der Waals surface area contributed by atoms with Gasteiger partial charge in [0, 0.05) is 21.3 Å². The summed E-state index contributed by atoms with van der Waals surface area (Å²) in [5.41, 5.74) is 4.81. The van der Waals surface area contributed by atoms with Gasteiger partial charge in [-0.3, -0.25) is 4.79 Å². The third-order valence-corrected chi connectivity index (χ3v) is 7.55. The van der Waals surface area contributed by atoms with Gasteiger partial charge in [0.1, 0.15) is 16.6 Å². The molecule has 1 aliphatic carbocycles. The van der Waals surface area contributed by atoms with E-state index in [1.54, 1.807) is 13.0 Å². The molecule has 0 saturated heterocycles. The van der Waals surface area contributed by atoms with E-state index in [0.29, 0.717) is 10.6 Å². The van der Waals surface area contributed by atoms with Crippen LogP contribution in [0.5, 0.6) is 0 Å². The number of carbonyl (C=O) groups excluding carboxylic acids is 2. The maximum atomic E-state index is 13.3. The Balaban J connectivity index is 1.55. The van der Waals surface area contributed by atoms with E-state index in [9.17, 15) is 14.9 Å². The van der Waals surface area contributed by atoms with Gasteiger partial charge in [-0.2, -0.15) is 5.26 Å². The van der Waals surface area contributed by atoms with Crippen molar-refractivity contribution < 1.29 is 14.3 Å². The Morgan fingerprint density at radius 3 is 2.64 bits per heavy atom. The van der Waals surface area contributed by atoms with Gasteiger partial charge >= 0.3 is 5.97 Å². The lowest BCUT2D eigenvalue weighted by Crippen LogP contribution is -2.16. The van der Waals surface area contributed by atoms with Gasteiger partial charge in [0.25, 0.3) is 5.91 Å². The zero-order valence-electron chi connectivity index (χ0n) is 19.9. The molecule has 2 heterocycles. The van der Waals surface area contributed by atoms with Crippen molar-refractivity contribution in [3.8, 4) is 17.3 Å². The molecule has 0 saturated carbocycles. The summed E-state index contributed by atoms with van der Waals surface area (Å²) in [6.45, 7) is 2.01. The number of aromatic nitrogens is 1. The van der Waals surface area contributed by atoms with Crippen LogP contribution >= 0.6 is 11.3 Å². The molecule has 0 bridgehead atoms. The highest BCUT2D eigenvalue weighted by Gasteiger charge is 2.28. The summed E-state index contributed by atoms with van der Waals surface area (Å²) in [4.78, 5) is 30.6. The minimum atomic E-state index is -0.550. The molecule has 0 atom stereocenters. The Bertz CT molecular complexity index is 1520. The summed E-state index contributed by atoms with van der Waals surface area (Å²) in [5.74, 6) is -0.983. The van der Waals surface area contributed by atoms with Crippen LogP contribution in [0.15, 0.2) is 60.2 Å². The molecule has 1 amide bonds. The third-order valence-electron chi connectivity index (χ3n) is 6.34. The predicted molar refractivity (Wildman–Crippen MR) is 143 cm³/mol. The van der Waals surface area contributed by atoms with Crippen LogP contribution in [0.25, 0.3) is 28.2 Å². The van der Waals surface area contributed by atoms with Crippen molar-refractivity contribution in [3.63, 3.8) is 0 Å². The summed E-state index contributed by atoms with van der Waals surface area (Å²) < 4.78 is 5.29. The molecular weight excluding hydrogens is 470 g/mol. The first-order chi connectivity index (χ1) is 17.6. The maximum absolute atomic E-state index is 13.3. The van der Waals surface area contributed by atoms with Crippen LogP contribution in [-0.4, -0.2) is 23.5 Å². The number of nitrogens with zero attached hydrogens (tertiary/aromatic N) is 1. The van der Waals surface area contributed by atoms with Gasteiger partial charge in [-0.15, -0.1) is 11.3 Å². The molecule has 6 nitrogen and oxygen atoms in total. The minimum absolute atomic E-state index is 0.0434. The first-order valence-electron chi connectivity index (χ1n) is 12.0. The number of aryl methyl sites for hydroxylation is 1. The summed E-state index contributed by atoms with van der Waals surface area (Å²) in [5, 5.41) is 14.2. The number of ether oxygens (including phenoxy) is 1. The van der Waals surface area contributed by atoms with Crippen molar-refractivity contribution in [3.05, 3.63) is 81.7 Å². The van der Waals surface area contributed by atoms with E-state index in [1.165, 1.54) is 11.3 Å². The van der Waals surface area contributed by atoms with Crippen LogP contribution in [0.4, 0.5) is 5.00 Å². The number of hydrogen-bond donors (Lipinski definition) is 2. The first kappa shape index (κ1) is 23.6. The Morgan fingerprint density at radius 2 is 1.86 bits per heavy atom. The van der Waals surface area contributed by atoms with Gasteiger partial charge in [-0.05, 0) is 55.9 Å². The number of nitriles is 1. The topological polar surface area (TPSA) is 95.0 Å². The SMILES string of the molecule is CCOC(=O)c1c(NC(=O)/C(C#N)=C/c2c(-c3ccccc3)[nH]c3ccccc23)sc2c1CCCC2. The Kier molecular flexibility index (Phi) is 6.70. The van der Waals surface area contributed by atoms with Crippen LogP contribution in [0.1, 0.15) is 46.1 Å². The van der Waals surface area contributed by atoms with E-state index in [4.69, 9.17) is 4.74 Å². The number of H-pyrrole nitrogens is 1. The molecule has 180 valence electrons. The van der Waals surface area contributed by atoms with Crippen LogP contribution in [-0.2, 0) is 22.4 Å². The van der Waals surface area contributed by atoms with Gasteiger partial charge in [-0.1, -0.05) is 48.5 Å². The van der Waals surface area contributed by atoms with Crippen LogP contribution in [0.3, 0.4) is 0 Å². The molecule has 0 unspecified atom stereocenters. The number of rotatable bonds is 6. The lowest BCUT2D eigenvalue weighted by Gasteiger charge is -2.12. The van der Waals surface area contributed by atoms with Gasteiger partial charge < -0.3 is 15.0 Å². The third kappa shape index (κ3) is 4.43. The van der Waals surface area contributed by atoms with Gasteiger partial charge in [0.05, 0.1) is 17.9 Å². The predicted octanol–water partition coefficient (Wildman–Crippen LogP) is 6.50. The highest BCUT2D eigenvalue weighted by molar-refractivity contribution is 7.17. The molecule has 0 aliphatic heterocycles. The van der Waals surface area contributed by atoms with Crippen LogP contribution in [0.2, 0.25) is 0 Å². The maximum Gasteiger partial charge on any atom is 0.341 e. The number of para-hydroxylation sites is 1. The number of thiophene rings is 1. The number of fused-ring (bicyclic) bond motifs is 2. The molecule has 2 aromatic heterocycles. The summed E-state index contributed by atoms with van der Waals surface area (Å²) >= 11 is 1.41. The van der Waals surface area contributed by atoms with Gasteiger partial charge in [0.2, 0.25) is 0 Å². The van der Waals surface area contributed by atoms with E-state index in [1.807, 2.05) is 54.6 Å². The lowest BCUT2D eigenvalue weighted by atomic mass is 9.95. The molecule has 0 spiro atoms. The number of carbonyl (C=O) groups is 2. The monoisotopic (exact) mass is 495 g/mol. The standard InChI is InChI=1S/C29H25N3O3S/c1-2-35-29(34)25-21-13-7-9-15-24(21)36-28(25)32-27(33)19(17-30)16-22-20-12-6-8-14-23(20)31-26(22)18-10-4-3-5-11-18/h3-6,8,10-12,14,16,31H,2,7,9,13,15H2,1H3,(H,32,33)/b19-16+. The van der Waals surface area contributed by atoms with Crippen molar-refractivity contribution in [2.75, 3.05) is 11.9 Å². The second kappa shape index (κ2) is 10.2. The van der Waals surface area contributed by atoms with E-state index < -0.39 is 11.9 Å². The van der Waals surface area contributed by atoms with Crippen molar-refractivity contribution in [2.24, 2.45) is 0 Å². The molecule has 4 aromatic rings. The van der Waals surface area contributed by atoms with Crippen molar-refractivity contribution in [1.82, 2.24) is 4.98 Å². The minimum Gasteiger partial charge on any atom is -0.462 e. The van der Waals surface area contributed by atoms with E-state index in [-0.39, 0.29) is 12.2 Å². The highest BCUT2D eigenvalue weighted by Crippen LogP contribution is 2.39. The molecule has 7 heteroatoms. The largest absolute Gasteiger partial charge is 0.462 e. The Hall–Kier alpha value is -4.15. The fraction of sp³-hybridized carbons (Fsp3) is 0.207. The number of amides is 1. The van der Waals surface area contributed by atoms with Crippen molar-refractivity contribution in [1.29, 1.82) is 5.26 Å². The second-order valence-corrected chi connectivity index (χ2v) is 9.69. The smallest absolute Gasteiger partial charge is 0.341 e. The molecule has 5 rings (SSSR count). The summed E-state index contributed by atoms with van der Waals surface area (Å²) in [7, 11) is 0. The molecule has 0 radical (unpaired) electrons. The zero-order valence-corrected chi connectivity index (χ0v) is 20.7. The number of nitrogens with one attached hydrogen (secondary N) is 2. The number of esters is 1. The Labute approximate surface area is 213 Å². The summed E-state index contributed by atoms with van der Waals surface area (Å²) in [6, 6.07) is 19.7. The van der Waals surface area contributed by atoms with E-state index >= 15 is 0 Å². The molecular formula is C29H25N3O3S. The number of benzene rings is 2. The lowest BCUT2D eigenvalue weighted by molar-refractivity contribution is -0.112. The first-order valence-corrected chi connectivity index (χ1v) is 12.8. The molecule has 2 aromatic carbocycles. The normalized spacial score (nSPS) is 13.2. The van der Waals surface area contributed by atoms with Gasteiger partial charge in [0.15, 0.2) is 0 Å². The van der Waals surface area contributed by atoms with Crippen molar-refractivity contribution >= 4 is 45.2 Å². The fourth-order valence-electron chi connectivity index (χ4n) is 4.68. The zero-order chi connectivity index (χ0) is 25.1.